The highest BCUT2D eigenvalue weighted by molar-refractivity contribution is 9.10. The standard InChI is InChI=1S/C26H25BrN4O5S/c1-35-12-10-28-24(33)18-6-4-17(5-7-18)15-31-25(34)21-13-19(27)8-9-22(21)30-26(31)37-16-23(32)29-14-20-3-2-11-36-20/h2-9,11,13H,10,12,14-16H2,1H3,(H,28,33)(H,29,32). The lowest BCUT2D eigenvalue weighted by Crippen LogP contribution is -2.27. The summed E-state index contributed by atoms with van der Waals surface area (Å²) in [6.45, 7) is 1.36. The number of ether oxygens (including phenoxy) is 1. The SMILES string of the molecule is COCCNC(=O)c1ccc(Cn2c(SCC(=O)NCc3ccco3)nc3ccc(Br)cc3c2=O)cc1. The van der Waals surface area contributed by atoms with Crippen LogP contribution in [0.15, 0.2) is 79.7 Å². The van der Waals surface area contributed by atoms with Crippen molar-refractivity contribution < 1.29 is 18.7 Å². The summed E-state index contributed by atoms with van der Waals surface area (Å²) in [5, 5.41) is 6.47. The molecule has 4 aromatic rings. The number of aromatic nitrogens is 2. The van der Waals surface area contributed by atoms with E-state index in [9.17, 15) is 14.4 Å². The zero-order chi connectivity index (χ0) is 26.2. The summed E-state index contributed by atoms with van der Waals surface area (Å²) in [6, 6.07) is 15.9. The fourth-order valence-electron chi connectivity index (χ4n) is 3.52. The van der Waals surface area contributed by atoms with Crippen molar-refractivity contribution in [1.29, 1.82) is 0 Å². The number of carbonyl (C=O) groups is 2. The lowest BCUT2D eigenvalue weighted by Gasteiger charge is -2.14. The Labute approximate surface area is 225 Å². The second-order valence-corrected chi connectivity index (χ2v) is 9.90. The van der Waals surface area contributed by atoms with Crippen LogP contribution in [0.1, 0.15) is 21.7 Å². The van der Waals surface area contributed by atoms with Crippen LogP contribution in [0.4, 0.5) is 0 Å². The number of furan rings is 1. The average Bonchev–Trinajstić information content (AvgIpc) is 3.43. The molecule has 0 saturated carbocycles. The third-order valence-corrected chi connectivity index (χ3v) is 6.87. The molecule has 11 heteroatoms. The Balaban J connectivity index is 1.54. The molecule has 0 bridgehead atoms. The number of nitrogens with one attached hydrogen (secondary N) is 2. The Morgan fingerprint density at radius 3 is 2.68 bits per heavy atom. The molecule has 2 aromatic heterocycles. The molecule has 37 heavy (non-hydrogen) atoms. The van der Waals surface area contributed by atoms with Crippen LogP contribution < -0.4 is 16.2 Å². The minimum Gasteiger partial charge on any atom is -0.467 e. The van der Waals surface area contributed by atoms with Crippen LogP contribution in [-0.4, -0.2) is 47.4 Å². The molecule has 2 amide bonds. The minimum atomic E-state index is -0.217. The van der Waals surface area contributed by atoms with Gasteiger partial charge >= 0.3 is 0 Å². The van der Waals surface area contributed by atoms with E-state index >= 15 is 0 Å². The number of methoxy groups -OCH3 is 1. The number of rotatable bonds is 11. The molecule has 2 heterocycles. The number of nitrogens with zero attached hydrogens (tertiary/aromatic N) is 2. The van der Waals surface area contributed by atoms with E-state index in [1.165, 1.54) is 11.8 Å². The Morgan fingerprint density at radius 1 is 1.14 bits per heavy atom. The predicted molar refractivity (Wildman–Crippen MR) is 145 cm³/mol. The van der Waals surface area contributed by atoms with Crippen LogP contribution in [0, 0.1) is 0 Å². The highest BCUT2D eigenvalue weighted by Gasteiger charge is 2.15. The molecule has 192 valence electrons. The van der Waals surface area contributed by atoms with E-state index in [2.05, 4.69) is 31.5 Å². The number of fused-ring (bicyclic) bond motifs is 1. The molecule has 2 N–H and O–H groups in total. The van der Waals surface area contributed by atoms with Gasteiger partial charge < -0.3 is 19.8 Å². The molecule has 0 radical (unpaired) electrons. The van der Waals surface area contributed by atoms with Crippen molar-refractivity contribution >= 4 is 50.4 Å². The third-order valence-electron chi connectivity index (χ3n) is 5.40. The highest BCUT2D eigenvalue weighted by atomic mass is 79.9. The summed E-state index contributed by atoms with van der Waals surface area (Å²) < 4.78 is 12.5. The summed E-state index contributed by atoms with van der Waals surface area (Å²) in [5.41, 5.74) is 1.66. The maximum absolute atomic E-state index is 13.5. The first-order valence-electron chi connectivity index (χ1n) is 11.4. The van der Waals surface area contributed by atoms with Gasteiger partial charge in [0.25, 0.3) is 11.5 Å². The van der Waals surface area contributed by atoms with Gasteiger partial charge in [-0.05, 0) is 48.0 Å². The Hall–Kier alpha value is -3.41. The number of benzene rings is 2. The zero-order valence-electron chi connectivity index (χ0n) is 20.0. The fraction of sp³-hybridized carbons (Fsp3) is 0.231. The highest BCUT2D eigenvalue weighted by Crippen LogP contribution is 2.21. The van der Waals surface area contributed by atoms with Gasteiger partial charge in [-0.3, -0.25) is 19.0 Å². The first-order valence-corrected chi connectivity index (χ1v) is 13.2. The first-order chi connectivity index (χ1) is 17.9. The third kappa shape index (κ3) is 7.09. The molecule has 4 rings (SSSR count). The normalized spacial score (nSPS) is 11.0. The molecule has 9 nitrogen and oxygen atoms in total. The van der Waals surface area contributed by atoms with Gasteiger partial charge in [-0.15, -0.1) is 0 Å². The van der Waals surface area contributed by atoms with Crippen LogP contribution in [0.2, 0.25) is 0 Å². The fourth-order valence-corrected chi connectivity index (χ4v) is 4.70. The molecule has 2 aromatic carbocycles. The van der Waals surface area contributed by atoms with Crippen LogP contribution in [0.3, 0.4) is 0 Å². The predicted octanol–water partition coefficient (Wildman–Crippen LogP) is 3.59. The van der Waals surface area contributed by atoms with Gasteiger partial charge in [0.1, 0.15) is 5.76 Å². The number of carbonyl (C=O) groups excluding carboxylic acids is 2. The number of hydrogen-bond acceptors (Lipinski definition) is 7. The van der Waals surface area contributed by atoms with Gasteiger partial charge in [-0.1, -0.05) is 39.8 Å². The number of hydrogen-bond donors (Lipinski definition) is 2. The van der Waals surface area contributed by atoms with E-state index in [4.69, 9.17) is 9.15 Å². The number of thioether (sulfide) groups is 1. The van der Waals surface area contributed by atoms with E-state index in [-0.39, 0.29) is 36.2 Å². The quantitative estimate of drug-likeness (QED) is 0.157. The maximum Gasteiger partial charge on any atom is 0.262 e. The monoisotopic (exact) mass is 584 g/mol. The lowest BCUT2D eigenvalue weighted by atomic mass is 10.1. The molecule has 0 aliphatic heterocycles. The van der Waals surface area contributed by atoms with Gasteiger partial charge in [0, 0.05) is 23.7 Å². The first kappa shape index (κ1) is 26.6. The van der Waals surface area contributed by atoms with Crippen LogP contribution in [-0.2, 0) is 22.6 Å². The molecule has 0 saturated heterocycles. The Morgan fingerprint density at radius 2 is 1.95 bits per heavy atom. The van der Waals surface area contributed by atoms with Crippen LogP contribution in [0.25, 0.3) is 10.9 Å². The van der Waals surface area contributed by atoms with Crippen LogP contribution in [0.5, 0.6) is 0 Å². The van der Waals surface area contributed by atoms with Crippen molar-refractivity contribution in [2.24, 2.45) is 0 Å². The van der Waals surface area contributed by atoms with E-state index in [0.717, 1.165) is 10.0 Å². The molecule has 0 spiro atoms. The maximum atomic E-state index is 13.5. The second-order valence-electron chi connectivity index (χ2n) is 8.04. The number of halogens is 1. The van der Waals surface area contributed by atoms with E-state index in [0.29, 0.717) is 40.5 Å². The van der Waals surface area contributed by atoms with E-state index < -0.39 is 0 Å². The van der Waals surface area contributed by atoms with E-state index in [1.54, 1.807) is 66.5 Å². The lowest BCUT2D eigenvalue weighted by molar-refractivity contribution is -0.118. The average molecular weight is 585 g/mol. The van der Waals surface area contributed by atoms with Crippen molar-refractivity contribution in [2.45, 2.75) is 18.2 Å². The van der Waals surface area contributed by atoms with Crippen molar-refractivity contribution in [1.82, 2.24) is 20.2 Å². The zero-order valence-corrected chi connectivity index (χ0v) is 22.4. The van der Waals surface area contributed by atoms with Gasteiger partial charge in [0.15, 0.2) is 5.16 Å². The summed E-state index contributed by atoms with van der Waals surface area (Å²) in [5.74, 6) is 0.327. The van der Waals surface area contributed by atoms with Crippen molar-refractivity contribution in [3.05, 3.63) is 92.6 Å². The van der Waals surface area contributed by atoms with Gasteiger partial charge in [0.2, 0.25) is 5.91 Å². The number of amides is 2. The summed E-state index contributed by atoms with van der Waals surface area (Å²) in [7, 11) is 1.57. The van der Waals surface area contributed by atoms with Crippen molar-refractivity contribution in [3.63, 3.8) is 0 Å². The van der Waals surface area contributed by atoms with Gasteiger partial charge in [-0.25, -0.2) is 4.98 Å². The van der Waals surface area contributed by atoms with Crippen molar-refractivity contribution in [3.8, 4) is 0 Å². The Kier molecular flexibility index (Phi) is 9.15. The minimum absolute atomic E-state index is 0.0791. The largest absolute Gasteiger partial charge is 0.467 e. The Bertz CT molecular complexity index is 1440. The molecule has 0 fully saturated rings. The molecule has 0 aliphatic carbocycles. The molecule has 0 aliphatic rings. The van der Waals surface area contributed by atoms with Crippen molar-refractivity contribution in [2.75, 3.05) is 26.0 Å². The molecular weight excluding hydrogens is 560 g/mol. The summed E-state index contributed by atoms with van der Waals surface area (Å²) in [4.78, 5) is 42.8. The summed E-state index contributed by atoms with van der Waals surface area (Å²) >= 11 is 4.60. The molecule has 0 atom stereocenters. The topological polar surface area (TPSA) is 115 Å². The summed E-state index contributed by atoms with van der Waals surface area (Å²) in [6.07, 6.45) is 1.55. The molecule has 0 unspecified atom stereocenters. The van der Waals surface area contributed by atoms with Gasteiger partial charge in [0.05, 0.1) is 42.6 Å². The van der Waals surface area contributed by atoms with E-state index in [1.807, 2.05) is 6.07 Å². The molecular formula is C26H25BrN4O5S. The second kappa shape index (κ2) is 12.7. The van der Waals surface area contributed by atoms with Crippen LogP contribution >= 0.6 is 27.7 Å². The smallest absolute Gasteiger partial charge is 0.262 e. The van der Waals surface area contributed by atoms with Gasteiger partial charge in [-0.2, -0.15) is 0 Å².